The zero-order valence-electron chi connectivity index (χ0n) is 18.5. The molecule has 0 amide bonds. The summed E-state index contributed by atoms with van der Waals surface area (Å²) in [5, 5.41) is 4.84. The van der Waals surface area contributed by atoms with Gasteiger partial charge >= 0.3 is 0 Å². The summed E-state index contributed by atoms with van der Waals surface area (Å²) in [5.74, 6) is 2.41. The first kappa shape index (κ1) is 20.5. The van der Waals surface area contributed by atoms with Gasteiger partial charge in [-0.25, -0.2) is 9.67 Å². The summed E-state index contributed by atoms with van der Waals surface area (Å²) in [6, 6.07) is 14.0. The predicted octanol–water partition coefficient (Wildman–Crippen LogP) is 4.03. The Bertz CT molecular complexity index is 1290. The molecule has 0 saturated heterocycles. The molecule has 7 heteroatoms. The van der Waals surface area contributed by atoms with Gasteiger partial charge in [-0.15, -0.1) is 0 Å². The Hall–Kier alpha value is -3.45. The maximum atomic E-state index is 12.7. The molecule has 0 bridgehead atoms. The third kappa shape index (κ3) is 4.03. The quantitative estimate of drug-likeness (QED) is 0.500. The minimum absolute atomic E-state index is 0.00925. The normalized spacial score (nSPS) is 13.9. The highest BCUT2D eigenvalue weighted by atomic mass is 16.3. The van der Waals surface area contributed by atoms with E-state index >= 15 is 0 Å². The van der Waals surface area contributed by atoms with Crippen molar-refractivity contribution < 1.29 is 4.42 Å². The molecule has 0 aliphatic carbocycles. The number of furan rings is 1. The topological polar surface area (TPSA) is 80.0 Å². The van der Waals surface area contributed by atoms with Crippen molar-refractivity contribution in [1.82, 2.24) is 24.6 Å². The van der Waals surface area contributed by atoms with Crippen molar-refractivity contribution in [3.63, 3.8) is 0 Å². The van der Waals surface area contributed by atoms with E-state index in [0.29, 0.717) is 13.1 Å². The zero-order valence-corrected chi connectivity index (χ0v) is 18.5. The van der Waals surface area contributed by atoms with Crippen LogP contribution in [0, 0.1) is 6.92 Å². The molecule has 0 spiro atoms. The Kier molecular flexibility index (Phi) is 5.49. The third-order valence-electron chi connectivity index (χ3n) is 5.86. The second-order valence-corrected chi connectivity index (χ2v) is 8.34. The summed E-state index contributed by atoms with van der Waals surface area (Å²) in [6.45, 7) is 6.14. The van der Waals surface area contributed by atoms with Crippen LogP contribution in [0.1, 0.15) is 41.8 Å². The minimum atomic E-state index is -0.00925. The molecule has 4 heterocycles. The van der Waals surface area contributed by atoms with E-state index in [1.807, 2.05) is 54.1 Å². The number of aryl methyl sites for hydroxylation is 2. The standard InChI is InChI=1S/C25H27N5O2/c1-3-7-23-26-21-12-13-29(16-20(21)25(31)27-23)14-18-15-30(19-8-5-4-6-9-19)28-24(18)22-11-10-17(2)32-22/h4-6,8-11,15H,3,7,12-14,16H2,1-2H3,(H,26,27,31). The van der Waals surface area contributed by atoms with Crippen molar-refractivity contribution in [3.8, 4) is 17.1 Å². The van der Waals surface area contributed by atoms with E-state index < -0.39 is 0 Å². The fourth-order valence-electron chi connectivity index (χ4n) is 4.27. The summed E-state index contributed by atoms with van der Waals surface area (Å²) in [7, 11) is 0. The SMILES string of the molecule is CCCc1nc2c(c(=O)[nH]1)CN(Cc1cn(-c3ccccc3)nc1-c1ccc(C)o1)CC2. The van der Waals surface area contributed by atoms with Gasteiger partial charge in [0.15, 0.2) is 5.76 Å². The number of H-pyrrole nitrogens is 1. The first-order chi connectivity index (χ1) is 15.6. The van der Waals surface area contributed by atoms with Gasteiger partial charge in [0.25, 0.3) is 5.56 Å². The van der Waals surface area contributed by atoms with Gasteiger partial charge in [-0.3, -0.25) is 9.69 Å². The van der Waals surface area contributed by atoms with Crippen LogP contribution in [-0.4, -0.2) is 31.2 Å². The van der Waals surface area contributed by atoms with E-state index in [1.165, 1.54) is 0 Å². The molecule has 5 rings (SSSR count). The van der Waals surface area contributed by atoms with E-state index in [2.05, 4.69) is 23.0 Å². The van der Waals surface area contributed by atoms with Crippen LogP contribution in [0.25, 0.3) is 17.1 Å². The van der Waals surface area contributed by atoms with Crippen molar-refractivity contribution in [2.45, 2.75) is 46.2 Å². The van der Waals surface area contributed by atoms with E-state index in [1.54, 1.807) is 0 Å². The van der Waals surface area contributed by atoms with Crippen molar-refractivity contribution >= 4 is 0 Å². The van der Waals surface area contributed by atoms with Crippen molar-refractivity contribution in [2.24, 2.45) is 0 Å². The lowest BCUT2D eigenvalue weighted by Gasteiger charge is -2.27. The van der Waals surface area contributed by atoms with Gasteiger partial charge in [-0.05, 0) is 37.6 Å². The van der Waals surface area contributed by atoms with Crippen LogP contribution in [-0.2, 0) is 25.9 Å². The Labute approximate surface area is 186 Å². The minimum Gasteiger partial charge on any atom is -0.460 e. The van der Waals surface area contributed by atoms with Crippen LogP contribution in [0.4, 0.5) is 0 Å². The highest BCUT2D eigenvalue weighted by molar-refractivity contribution is 5.58. The second kappa shape index (κ2) is 8.59. The summed E-state index contributed by atoms with van der Waals surface area (Å²) >= 11 is 0. The monoisotopic (exact) mass is 429 g/mol. The van der Waals surface area contributed by atoms with Gasteiger partial charge in [0, 0.05) is 44.2 Å². The molecule has 1 N–H and O–H groups in total. The van der Waals surface area contributed by atoms with Gasteiger partial charge in [-0.1, -0.05) is 25.1 Å². The number of nitrogens with one attached hydrogen (secondary N) is 1. The highest BCUT2D eigenvalue weighted by Crippen LogP contribution is 2.28. The predicted molar refractivity (Wildman–Crippen MR) is 123 cm³/mol. The number of hydrogen-bond acceptors (Lipinski definition) is 5. The number of aromatic amines is 1. The maximum Gasteiger partial charge on any atom is 0.255 e. The van der Waals surface area contributed by atoms with Crippen molar-refractivity contribution in [1.29, 1.82) is 0 Å². The number of benzene rings is 1. The molecule has 1 aliphatic heterocycles. The molecular formula is C25H27N5O2. The zero-order chi connectivity index (χ0) is 22.1. The molecule has 32 heavy (non-hydrogen) atoms. The summed E-state index contributed by atoms with van der Waals surface area (Å²) < 4.78 is 7.80. The Morgan fingerprint density at radius 3 is 2.75 bits per heavy atom. The second-order valence-electron chi connectivity index (χ2n) is 8.34. The van der Waals surface area contributed by atoms with Crippen LogP contribution >= 0.6 is 0 Å². The molecule has 3 aromatic heterocycles. The van der Waals surface area contributed by atoms with Crippen LogP contribution in [0.2, 0.25) is 0 Å². The van der Waals surface area contributed by atoms with Crippen molar-refractivity contribution in [2.75, 3.05) is 6.54 Å². The third-order valence-corrected chi connectivity index (χ3v) is 5.86. The Morgan fingerprint density at radius 2 is 2.00 bits per heavy atom. The molecule has 0 radical (unpaired) electrons. The molecule has 0 atom stereocenters. The lowest BCUT2D eigenvalue weighted by molar-refractivity contribution is 0.241. The lowest BCUT2D eigenvalue weighted by Crippen LogP contribution is -2.35. The number of para-hydroxylation sites is 1. The van der Waals surface area contributed by atoms with E-state index in [-0.39, 0.29) is 5.56 Å². The van der Waals surface area contributed by atoms with Gasteiger partial charge in [-0.2, -0.15) is 5.10 Å². The van der Waals surface area contributed by atoms with Gasteiger partial charge in [0.05, 0.1) is 16.9 Å². The smallest absolute Gasteiger partial charge is 0.255 e. The van der Waals surface area contributed by atoms with Crippen molar-refractivity contribution in [3.05, 3.63) is 87.4 Å². The molecule has 0 fully saturated rings. The fraction of sp³-hybridized carbons (Fsp3) is 0.320. The van der Waals surface area contributed by atoms with E-state index in [9.17, 15) is 4.79 Å². The first-order valence-electron chi connectivity index (χ1n) is 11.1. The lowest BCUT2D eigenvalue weighted by atomic mass is 10.1. The van der Waals surface area contributed by atoms with Gasteiger partial charge in [0.2, 0.25) is 0 Å². The molecule has 4 aromatic rings. The molecule has 164 valence electrons. The van der Waals surface area contributed by atoms with Crippen LogP contribution in [0.3, 0.4) is 0 Å². The van der Waals surface area contributed by atoms with Crippen LogP contribution < -0.4 is 5.56 Å². The number of aromatic nitrogens is 4. The number of nitrogens with zero attached hydrogens (tertiary/aromatic N) is 4. The van der Waals surface area contributed by atoms with Crippen LogP contribution in [0.5, 0.6) is 0 Å². The summed E-state index contributed by atoms with van der Waals surface area (Å²) in [5.41, 5.74) is 4.61. The number of rotatable bonds is 6. The maximum absolute atomic E-state index is 12.7. The Morgan fingerprint density at radius 1 is 1.16 bits per heavy atom. The number of fused-ring (bicyclic) bond motifs is 1. The van der Waals surface area contributed by atoms with Gasteiger partial charge in [0.1, 0.15) is 17.3 Å². The van der Waals surface area contributed by atoms with E-state index in [4.69, 9.17) is 14.5 Å². The average Bonchev–Trinajstić information content (AvgIpc) is 3.41. The molecule has 1 aliphatic rings. The molecule has 0 saturated carbocycles. The Balaban J connectivity index is 1.45. The fourth-order valence-corrected chi connectivity index (χ4v) is 4.27. The van der Waals surface area contributed by atoms with E-state index in [0.717, 1.165) is 71.4 Å². The molecule has 0 unspecified atom stereocenters. The molecule has 7 nitrogen and oxygen atoms in total. The highest BCUT2D eigenvalue weighted by Gasteiger charge is 2.24. The molecule has 1 aromatic carbocycles. The molecular weight excluding hydrogens is 402 g/mol. The van der Waals surface area contributed by atoms with Gasteiger partial charge < -0.3 is 9.40 Å². The average molecular weight is 430 g/mol. The van der Waals surface area contributed by atoms with Crippen LogP contribution in [0.15, 0.2) is 57.9 Å². The number of hydrogen-bond donors (Lipinski definition) is 1. The first-order valence-corrected chi connectivity index (χ1v) is 11.1. The summed E-state index contributed by atoms with van der Waals surface area (Å²) in [6.07, 6.45) is 4.61. The largest absolute Gasteiger partial charge is 0.460 e. The summed E-state index contributed by atoms with van der Waals surface area (Å²) in [4.78, 5) is 22.6.